The number of aliphatic carboxylic acids is 1. The summed E-state index contributed by atoms with van der Waals surface area (Å²) in [6, 6.07) is 9.66. The molecule has 0 aliphatic carbocycles. The van der Waals surface area contributed by atoms with Crippen molar-refractivity contribution >= 4 is 11.9 Å². The number of amides is 1. The van der Waals surface area contributed by atoms with E-state index in [-0.39, 0.29) is 12.5 Å². The Morgan fingerprint density at radius 3 is 2.54 bits per heavy atom. The zero-order valence-corrected chi connectivity index (χ0v) is 14.3. The molecule has 1 unspecified atom stereocenters. The summed E-state index contributed by atoms with van der Waals surface area (Å²) < 4.78 is 1.78. The fraction of sp³-hybridized carbons (Fsp3) is 0.389. The Balaban J connectivity index is 2.31. The molecule has 0 spiro atoms. The first-order valence-electron chi connectivity index (χ1n) is 8.06. The molecule has 1 amide bonds. The fourth-order valence-electron chi connectivity index (χ4n) is 2.60. The first-order valence-corrected chi connectivity index (χ1v) is 8.06. The van der Waals surface area contributed by atoms with Crippen LogP contribution in [0.4, 0.5) is 0 Å². The monoisotopic (exact) mass is 329 g/mol. The van der Waals surface area contributed by atoms with Crippen LogP contribution in [0.1, 0.15) is 36.3 Å². The van der Waals surface area contributed by atoms with Crippen molar-refractivity contribution in [2.24, 2.45) is 5.92 Å². The number of rotatable bonds is 7. The highest BCUT2D eigenvalue weighted by atomic mass is 16.4. The Hall–Kier alpha value is -2.63. The Labute approximate surface area is 141 Å². The summed E-state index contributed by atoms with van der Waals surface area (Å²) in [5, 5.41) is 13.4. The highest BCUT2D eigenvalue weighted by Crippen LogP contribution is 2.18. The summed E-state index contributed by atoms with van der Waals surface area (Å²) in [7, 11) is 1.62. The van der Waals surface area contributed by atoms with E-state index in [9.17, 15) is 9.59 Å². The average molecular weight is 329 g/mol. The van der Waals surface area contributed by atoms with Gasteiger partial charge in [0.15, 0.2) is 0 Å². The molecule has 6 nitrogen and oxygen atoms in total. The Kier molecular flexibility index (Phi) is 5.73. The third-order valence-electron chi connectivity index (χ3n) is 3.90. The van der Waals surface area contributed by atoms with Crippen molar-refractivity contribution in [3.8, 4) is 5.69 Å². The zero-order chi connectivity index (χ0) is 17.7. The lowest BCUT2D eigenvalue weighted by molar-refractivity contribution is -0.141. The molecule has 2 aromatic rings. The first-order chi connectivity index (χ1) is 11.5. The number of para-hydroxylation sites is 1. The predicted molar refractivity (Wildman–Crippen MR) is 91.3 cm³/mol. The fourth-order valence-corrected chi connectivity index (χ4v) is 2.60. The standard InChI is InChI=1S/C18H23N3O3/c1-4-8-16-15(17(22)20(3)12-13(2)18(23)24)11-19-21(16)14-9-6-5-7-10-14/h5-7,9-11,13H,4,8,12H2,1-3H3,(H,23,24). The van der Waals surface area contributed by atoms with E-state index in [1.54, 1.807) is 24.9 Å². The lowest BCUT2D eigenvalue weighted by atomic mass is 10.1. The van der Waals surface area contributed by atoms with Crippen molar-refractivity contribution in [1.29, 1.82) is 0 Å². The second kappa shape index (κ2) is 7.77. The van der Waals surface area contributed by atoms with Crippen LogP contribution in [0.15, 0.2) is 36.5 Å². The molecule has 24 heavy (non-hydrogen) atoms. The molecule has 0 radical (unpaired) electrons. The van der Waals surface area contributed by atoms with Crippen LogP contribution >= 0.6 is 0 Å². The van der Waals surface area contributed by atoms with Crippen LogP contribution in [-0.4, -0.2) is 45.3 Å². The molecule has 1 atom stereocenters. The molecule has 1 aromatic heterocycles. The van der Waals surface area contributed by atoms with E-state index in [1.807, 2.05) is 37.3 Å². The molecule has 0 saturated heterocycles. The minimum atomic E-state index is -0.914. The topological polar surface area (TPSA) is 75.4 Å². The summed E-state index contributed by atoms with van der Waals surface area (Å²) in [6.45, 7) is 3.80. The number of carbonyl (C=O) groups excluding carboxylic acids is 1. The Morgan fingerprint density at radius 2 is 1.96 bits per heavy atom. The number of nitrogens with zero attached hydrogens (tertiary/aromatic N) is 3. The highest BCUT2D eigenvalue weighted by molar-refractivity contribution is 5.95. The molecular weight excluding hydrogens is 306 g/mol. The van der Waals surface area contributed by atoms with Crippen molar-refractivity contribution in [3.05, 3.63) is 47.8 Å². The number of carboxylic acid groups (broad SMARTS) is 1. The molecule has 1 N–H and O–H groups in total. The lowest BCUT2D eigenvalue weighted by Gasteiger charge is -2.19. The minimum absolute atomic E-state index is 0.163. The summed E-state index contributed by atoms with van der Waals surface area (Å²) in [4.78, 5) is 25.2. The van der Waals surface area contributed by atoms with E-state index in [4.69, 9.17) is 5.11 Å². The van der Waals surface area contributed by atoms with Gasteiger partial charge >= 0.3 is 5.97 Å². The molecule has 0 aliphatic rings. The maximum Gasteiger partial charge on any atom is 0.308 e. The molecule has 1 heterocycles. The molecule has 128 valence electrons. The largest absolute Gasteiger partial charge is 0.481 e. The highest BCUT2D eigenvalue weighted by Gasteiger charge is 2.23. The summed E-state index contributed by atoms with van der Waals surface area (Å²) in [6.07, 6.45) is 3.18. The van der Waals surface area contributed by atoms with Crippen molar-refractivity contribution in [1.82, 2.24) is 14.7 Å². The van der Waals surface area contributed by atoms with Crippen molar-refractivity contribution in [2.75, 3.05) is 13.6 Å². The summed E-state index contributed by atoms with van der Waals surface area (Å²) in [5.41, 5.74) is 2.28. The third kappa shape index (κ3) is 3.82. The van der Waals surface area contributed by atoms with Gasteiger partial charge in [0.05, 0.1) is 29.1 Å². The van der Waals surface area contributed by atoms with E-state index in [0.29, 0.717) is 5.56 Å². The van der Waals surface area contributed by atoms with Gasteiger partial charge in [-0.3, -0.25) is 9.59 Å². The van der Waals surface area contributed by atoms with Gasteiger partial charge in [0.1, 0.15) is 0 Å². The zero-order valence-electron chi connectivity index (χ0n) is 14.3. The number of carboxylic acids is 1. The van der Waals surface area contributed by atoms with E-state index >= 15 is 0 Å². The number of aromatic nitrogens is 2. The van der Waals surface area contributed by atoms with E-state index in [0.717, 1.165) is 24.2 Å². The molecule has 0 fully saturated rings. The van der Waals surface area contributed by atoms with E-state index in [2.05, 4.69) is 5.10 Å². The molecular formula is C18H23N3O3. The Bertz CT molecular complexity index is 710. The van der Waals surface area contributed by atoms with Crippen LogP contribution in [-0.2, 0) is 11.2 Å². The van der Waals surface area contributed by atoms with E-state index < -0.39 is 11.9 Å². The third-order valence-corrected chi connectivity index (χ3v) is 3.90. The number of benzene rings is 1. The van der Waals surface area contributed by atoms with Gasteiger partial charge in [-0.15, -0.1) is 0 Å². The molecule has 1 aromatic carbocycles. The van der Waals surface area contributed by atoms with Gasteiger partial charge in [-0.05, 0) is 18.6 Å². The number of carbonyl (C=O) groups is 2. The van der Waals surface area contributed by atoms with Crippen LogP contribution in [0.2, 0.25) is 0 Å². The summed E-state index contributed by atoms with van der Waals surface area (Å²) >= 11 is 0. The van der Waals surface area contributed by atoms with Crippen LogP contribution in [0, 0.1) is 5.92 Å². The molecule has 6 heteroatoms. The second-order valence-electron chi connectivity index (χ2n) is 5.93. The predicted octanol–water partition coefficient (Wildman–Crippen LogP) is 2.62. The molecule has 2 rings (SSSR count). The van der Waals surface area contributed by atoms with Gasteiger partial charge in [-0.25, -0.2) is 4.68 Å². The maximum atomic E-state index is 12.7. The van der Waals surface area contributed by atoms with Crippen LogP contribution in [0.3, 0.4) is 0 Å². The molecule has 0 saturated carbocycles. The average Bonchev–Trinajstić information content (AvgIpc) is 2.98. The Morgan fingerprint density at radius 1 is 1.29 bits per heavy atom. The van der Waals surface area contributed by atoms with Crippen molar-refractivity contribution < 1.29 is 14.7 Å². The van der Waals surface area contributed by atoms with Crippen LogP contribution in [0.25, 0.3) is 5.69 Å². The van der Waals surface area contributed by atoms with Crippen LogP contribution in [0.5, 0.6) is 0 Å². The van der Waals surface area contributed by atoms with Crippen LogP contribution < -0.4 is 0 Å². The smallest absolute Gasteiger partial charge is 0.308 e. The van der Waals surface area contributed by atoms with Gasteiger partial charge in [-0.1, -0.05) is 38.5 Å². The minimum Gasteiger partial charge on any atom is -0.481 e. The number of hydrogen-bond donors (Lipinski definition) is 1. The van der Waals surface area contributed by atoms with Gasteiger partial charge in [-0.2, -0.15) is 5.10 Å². The quantitative estimate of drug-likeness (QED) is 0.847. The molecule has 0 aliphatic heterocycles. The maximum absolute atomic E-state index is 12.7. The van der Waals surface area contributed by atoms with E-state index in [1.165, 1.54) is 4.90 Å². The SMILES string of the molecule is CCCc1c(C(=O)N(C)CC(C)C(=O)O)cnn1-c1ccccc1. The number of hydrogen-bond acceptors (Lipinski definition) is 3. The first kappa shape index (κ1) is 17.7. The summed E-state index contributed by atoms with van der Waals surface area (Å²) in [5.74, 6) is -1.73. The second-order valence-corrected chi connectivity index (χ2v) is 5.93. The van der Waals surface area contributed by atoms with Gasteiger partial charge in [0.2, 0.25) is 0 Å². The van der Waals surface area contributed by atoms with Gasteiger partial charge in [0, 0.05) is 13.6 Å². The normalized spacial score (nSPS) is 12.0. The van der Waals surface area contributed by atoms with Gasteiger partial charge < -0.3 is 10.0 Å². The van der Waals surface area contributed by atoms with Crippen molar-refractivity contribution in [3.63, 3.8) is 0 Å². The lowest BCUT2D eigenvalue weighted by Crippen LogP contribution is -2.34. The van der Waals surface area contributed by atoms with Crippen molar-refractivity contribution in [2.45, 2.75) is 26.7 Å². The van der Waals surface area contributed by atoms with Gasteiger partial charge in [0.25, 0.3) is 5.91 Å². The molecule has 0 bridgehead atoms.